The van der Waals surface area contributed by atoms with Gasteiger partial charge in [-0.2, -0.15) is 0 Å². The van der Waals surface area contributed by atoms with Crippen LogP contribution in [0.25, 0.3) is 11.3 Å². The summed E-state index contributed by atoms with van der Waals surface area (Å²) in [5, 5.41) is 2.72. The zero-order valence-corrected chi connectivity index (χ0v) is 14.4. The highest BCUT2D eigenvalue weighted by atomic mass is 16.5. The van der Waals surface area contributed by atoms with E-state index in [0.717, 1.165) is 60.4 Å². The fraction of sp³-hybridized carbons (Fsp3) is 0.368. The molecule has 6 heteroatoms. The first-order chi connectivity index (χ1) is 12.2. The van der Waals surface area contributed by atoms with Gasteiger partial charge in [0.2, 0.25) is 0 Å². The Morgan fingerprint density at radius 1 is 1.36 bits per heavy atom. The van der Waals surface area contributed by atoms with Crippen LogP contribution in [0.5, 0.6) is 0 Å². The van der Waals surface area contributed by atoms with Gasteiger partial charge in [0.15, 0.2) is 0 Å². The van der Waals surface area contributed by atoms with E-state index >= 15 is 0 Å². The molecule has 0 fully saturated rings. The van der Waals surface area contributed by atoms with Crippen molar-refractivity contribution in [1.82, 2.24) is 9.97 Å². The van der Waals surface area contributed by atoms with Crippen LogP contribution in [0.3, 0.4) is 0 Å². The zero-order valence-electron chi connectivity index (χ0n) is 14.4. The second-order valence-corrected chi connectivity index (χ2v) is 6.22. The Balaban J connectivity index is 1.95. The van der Waals surface area contributed by atoms with Gasteiger partial charge in [-0.25, -0.2) is 9.78 Å². The Morgan fingerprint density at radius 3 is 3.04 bits per heavy atom. The summed E-state index contributed by atoms with van der Waals surface area (Å²) in [6, 6.07) is 5.77. The summed E-state index contributed by atoms with van der Waals surface area (Å²) < 4.78 is 4.67. The minimum absolute atomic E-state index is 0.0946. The minimum Gasteiger partial charge on any atom is -0.453 e. The summed E-state index contributed by atoms with van der Waals surface area (Å²) in [5.41, 5.74) is 10.2. The quantitative estimate of drug-likeness (QED) is 0.686. The maximum Gasteiger partial charge on any atom is 0.411 e. The molecule has 0 aliphatic carbocycles. The molecule has 0 saturated heterocycles. The predicted molar refractivity (Wildman–Crippen MR) is 98.3 cm³/mol. The Labute approximate surface area is 147 Å². The lowest BCUT2D eigenvalue weighted by atomic mass is 9.99. The molecule has 0 radical (unpaired) electrons. The van der Waals surface area contributed by atoms with Gasteiger partial charge in [-0.3, -0.25) is 5.32 Å². The molecule has 2 heterocycles. The Kier molecular flexibility index (Phi) is 5.50. The molecular weight excluding hydrogens is 316 g/mol. The highest BCUT2D eigenvalue weighted by Gasteiger charge is 2.14. The summed E-state index contributed by atoms with van der Waals surface area (Å²) in [6.45, 7) is 0. The number of aromatic nitrogens is 2. The number of methoxy groups -OCH3 is 1. The lowest BCUT2D eigenvalue weighted by molar-refractivity contribution is 0.187. The Morgan fingerprint density at radius 2 is 2.20 bits per heavy atom. The van der Waals surface area contributed by atoms with Gasteiger partial charge in [0, 0.05) is 11.3 Å². The van der Waals surface area contributed by atoms with Crippen molar-refractivity contribution in [3.05, 3.63) is 47.9 Å². The van der Waals surface area contributed by atoms with Crippen LogP contribution in [-0.4, -0.2) is 23.2 Å². The molecule has 132 valence electrons. The van der Waals surface area contributed by atoms with Gasteiger partial charge in [-0.1, -0.05) is 18.2 Å². The SMILES string of the molecule is COC(=O)Nc1ccc2c(c1)CCC/C=C/CC[C@H](N)c1ncc-2[nH]1. The number of carbonyl (C=O) groups excluding carboxylic acids is 1. The van der Waals surface area contributed by atoms with Gasteiger partial charge < -0.3 is 15.5 Å². The summed E-state index contributed by atoms with van der Waals surface area (Å²) in [4.78, 5) is 19.3. The largest absolute Gasteiger partial charge is 0.453 e. The van der Waals surface area contributed by atoms with E-state index in [0.29, 0.717) is 0 Å². The molecule has 2 aromatic rings. The van der Waals surface area contributed by atoms with Crippen LogP contribution in [0.15, 0.2) is 36.5 Å². The maximum atomic E-state index is 11.5. The Hall–Kier alpha value is -2.60. The van der Waals surface area contributed by atoms with Gasteiger partial charge in [-0.05, 0) is 49.8 Å². The average Bonchev–Trinajstić information content (AvgIpc) is 3.10. The molecule has 3 rings (SSSR count). The van der Waals surface area contributed by atoms with Gasteiger partial charge in [0.05, 0.1) is 25.0 Å². The van der Waals surface area contributed by atoms with Crippen LogP contribution in [-0.2, 0) is 11.2 Å². The predicted octanol–water partition coefficient (Wildman–Crippen LogP) is 3.93. The van der Waals surface area contributed by atoms with Crippen molar-refractivity contribution in [2.24, 2.45) is 5.73 Å². The van der Waals surface area contributed by atoms with E-state index in [9.17, 15) is 4.79 Å². The number of ether oxygens (including phenoxy) is 1. The van der Waals surface area contributed by atoms with E-state index in [4.69, 9.17) is 5.73 Å². The number of nitrogens with zero attached hydrogens (tertiary/aromatic N) is 1. The number of carbonyl (C=O) groups is 1. The van der Waals surface area contributed by atoms with Crippen molar-refractivity contribution in [3.8, 4) is 11.3 Å². The number of anilines is 1. The molecule has 0 unspecified atom stereocenters. The number of aromatic amines is 1. The Bertz CT molecular complexity index is 767. The smallest absolute Gasteiger partial charge is 0.411 e. The van der Waals surface area contributed by atoms with Crippen LogP contribution < -0.4 is 11.1 Å². The lowest BCUT2D eigenvalue weighted by Gasteiger charge is -2.11. The first kappa shape index (κ1) is 17.2. The molecule has 1 aliphatic heterocycles. The zero-order chi connectivity index (χ0) is 17.6. The van der Waals surface area contributed by atoms with Gasteiger partial charge in [-0.15, -0.1) is 0 Å². The number of H-pyrrole nitrogens is 1. The monoisotopic (exact) mass is 340 g/mol. The second-order valence-electron chi connectivity index (χ2n) is 6.22. The highest BCUT2D eigenvalue weighted by Crippen LogP contribution is 2.28. The average molecular weight is 340 g/mol. The third kappa shape index (κ3) is 4.28. The third-order valence-electron chi connectivity index (χ3n) is 4.40. The maximum absolute atomic E-state index is 11.5. The van der Waals surface area contributed by atoms with Crippen LogP contribution >= 0.6 is 0 Å². The van der Waals surface area contributed by atoms with E-state index in [1.807, 2.05) is 24.4 Å². The summed E-state index contributed by atoms with van der Waals surface area (Å²) in [6.07, 6.45) is 10.6. The number of allylic oxidation sites excluding steroid dienone is 2. The van der Waals surface area contributed by atoms with Crippen molar-refractivity contribution in [1.29, 1.82) is 0 Å². The number of nitrogens with two attached hydrogens (primary N) is 1. The first-order valence-corrected chi connectivity index (χ1v) is 8.61. The van der Waals surface area contributed by atoms with Crippen molar-refractivity contribution < 1.29 is 9.53 Å². The number of rotatable bonds is 1. The fourth-order valence-electron chi connectivity index (χ4n) is 3.03. The highest BCUT2D eigenvalue weighted by molar-refractivity contribution is 5.85. The molecule has 0 saturated carbocycles. The number of imidazole rings is 1. The van der Waals surface area contributed by atoms with Crippen LogP contribution in [0.2, 0.25) is 0 Å². The summed E-state index contributed by atoms with van der Waals surface area (Å²) in [5.74, 6) is 0.811. The molecule has 1 aromatic heterocycles. The van der Waals surface area contributed by atoms with Gasteiger partial charge in [0.25, 0.3) is 0 Å². The molecule has 25 heavy (non-hydrogen) atoms. The summed E-state index contributed by atoms with van der Waals surface area (Å²) >= 11 is 0. The number of hydrogen-bond acceptors (Lipinski definition) is 4. The lowest BCUT2D eigenvalue weighted by Crippen LogP contribution is -2.11. The molecule has 1 atom stereocenters. The van der Waals surface area contributed by atoms with Crippen molar-refractivity contribution in [2.75, 3.05) is 12.4 Å². The van der Waals surface area contributed by atoms with Crippen LogP contribution in [0.1, 0.15) is 43.1 Å². The van der Waals surface area contributed by atoms with Gasteiger partial charge in [0.1, 0.15) is 5.82 Å². The number of aryl methyl sites for hydroxylation is 1. The molecule has 1 aliphatic rings. The number of nitrogens with one attached hydrogen (secondary N) is 2. The molecule has 2 bridgehead atoms. The van der Waals surface area contributed by atoms with Crippen molar-refractivity contribution in [2.45, 2.75) is 38.1 Å². The van der Waals surface area contributed by atoms with Crippen molar-refractivity contribution in [3.63, 3.8) is 0 Å². The molecule has 0 spiro atoms. The molecule has 6 nitrogen and oxygen atoms in total. The molecule has 4 N–H and O–H groups in total. The van der Waals surface area contributed by atoms with Gasteiger partial charge >= 0.3 is 6.09 Å². The van der Waals surface area contributed by atoms with E-state index in [2.05, 4.69) is 32.2 Å². The number of amides is 1. The minimum atomic E-state index is -0.470. The number of benzene rings is 1. The third-order valence-corrected chi connectivity index (χ3v) is 4.40. The topological polar surface area (TPSA) is 93.0 Å². The molecular formula is C19H24N4O2. The number of fused-ring (bicyclic) bond motifs is 4. The van der Waals surface area contributed by atoms with Crippen LogP contribution in [0, 0.1) is 0 Å². The van der Waals surface area contributed by atoms with E-state index in [1.165, 1.54) is 7.11 Å². The standard InChI is InChI=1S/C19H24N4O2/c1-25-19(24)22-14-9-10-15-13(11-14)7-5-3-2-4-6-8-16(20)18-21-12-17(15)23-18/h2,4,9-12,16H,3,5-8,20H2,1H3,(H,21,23)(H,22,24)/b4-2+/t16-/m0/s1. The van der Waals surface area contributed by atoms with E-state index in [-0.39, 0.29) is 6.04 Å². The molecule has 1 aromatic carbocycles. The van der Waals surface area contributed by atoms with E-state index < -0.39 is 6.09 Å². The van der Waals surface area contributed by atoms with Crippen molar-refractivity contribution >= 4 is 11.8 Å². The molecule has 1 amide bonds. The normalized spacial score (nSPS) is 18.9. The van der Waals surface area contributed by atoms with Crippen LogP contribution in [0.4, 0.5) is 10.5 Å². The summed E-state index contributed by atoms with van der Waals surface area (Å²) in [7, 11) is 1.35. The first-order valence-electron chi connectivity index (χ1n) is 8.61. The second kappa shape index (κ2) is 7.98. The number of hydrogen-bond donors (Lipinski definition) is 3. The fourth-order valence-corrected chi connectivity index (χ4v) is 3.03. The van der Waals surface area contributed by atoms with E-state index in [1.54, 1.807) is 0 Å².